The molecular weight excluding hydrogens is 520 g/mol. The van der Waals surface area contributed by atoms with Crippen LogP contribution in [0.25, 0.3) is 0 Å². The number of carbonyl (C=O) groups is 1. The first-order valence-corrected chi connectivity index (χ1v) is 14.4. The van der Waals surface area contributed by atoms with Crippen molar-refractivity contribution < 1.29 is 22.4 Å². The topological polar surface area (TPSA) is 59.4 Å². The summed E-state index contributed by atoms with van der Waals surface area (Å²) in [5, 5.41) is 11.5. The molecule has 40 heavy (non-hydrogen) atoms. The Kier molecular flexibility index (Phi) is 11.6. The molecule has 9 heteroatoms. The van der Waals surface area contributed by atoms with E-state index in [4.69, 9.17) is 5.26 Å². The van der Waals surface area contributed by atoms with Crippen LogP contribution < -0.4 is 5.32 Å². The van der Waals surface area contributed by atoms with E-state index in [2.05, 4.69) is 29.3 Å². The average molecular weight is 563 g/mol. The second-order valence-corrected chi connectivity index (χ2v) is 11.3. The Morgan fingerprint density at radius 2 is 1.88 bits per heavy atom. The van der Waals surface area contributed by atoms with Crippen molar-refractivity contribution >= 4 is 11.7 Å². The number of likely N-dealkylation sites (tertiary alicyclic amines) is 1. The highest BCUT2D eigenvalue weighted by Gasteiger charge is 2.43. The monoisotopic (exact) mass is 562 g/mol. The number of urea groups is 1. The Bertz CT molecular complexity index is 1080. The van der Waals surface area contributed by atoms with Crippen molar-refractivity contribution in [3.05, 3.63) is 53.4 Å². The van der Waals surface area contributed by atoms with Crippen molar-refractivity contribution in [1.29, 1.82) is 5.26 Å². The molecule has 0 bridgehead atoms. The second-order valence-electron chi connectivity index (χ2n) is 11.3. The number of piperidine rings is 1. The number of hydrogen-bond donors (Lipinski definition) is 1. The Hall–Kier alpha value is -2.86. The largest absolute Gasteiger partial charge is 0.419 e. The predicted octanol–water partition coefficient (Wildman–Crippen LogP) is 8.17. The predicted molar refractivity (Wildman–Crippen MR) is 150 cm³/mol. The molecule has 2 amide bonds. The molecular formula is C31H42F4N4O. The van der Waals surface area contributed by atoms with Gasteiger partial charge >= 0.3 is 12.2 Å². The van der Waals surface area contributed by atoms with Gasteiger partial charge in [0.15, 0.2) is 0 Å². The van der Waals surface area contributed by atoms with E-state index < -0.39 is 23.6 Å². The zero-order valence-corrected chi connectivity index (χ0v) is 23.7. The van der Waals surface area contributed by atoms with Crippen LogP contribution in [0.4, 0.5) is 28.0 Å². The summed E-state index contributed by atoms with van der Waals surface area (Å²) in [7, 11) is 0. The van der Waals surface area contributed by atoms with Gasteiger partial charge in [0.05, 0.1) is 17.6 Å². The number of carbonyl (C=O) groups excluding carboxylic acids is 1. The molecule has 1 saturated carbocycles. The second kappa shape index (κ2) is 14.7. The number of unbranched alkanes of at least 4 members (excludes halogenated alkanes) is 1. The van der Waals surface area contributed by atoms with E-state index in [-0.39, 0.29) is 17.0 Å². The van der Waals surface area contributed by atoms with Gasteiger partial charge in [0.1, 0.15) is 5.82 Å². The molecule has 2 fully saturated rings. The van der Waals surface area contributed by atoms with E-state index >= 15 is 0 Å². The smallest absolute Gasteiger partial charge is 0.325 e. The maximum absolute atomic E-state index is 13.7. The van der Waals surface area contributed by atoms with E-state index in [0.29, 0.717) is 19.2 Å². The van der Waals surface area contributed by atoms with Gasteiger partial charge in [-0.15, -0.1) is 0 Å². The fourth-order valence-corrected chi connectivity index (χ4v) is 5.35. The molecule has 1 heterocycles. The van der Waals surface area contributed by atoms with Gasteiger partial charge in [-0.05, 0) is 108 Å². The lowest BCUT2D eigenvalue weighted by atomic mass is 9.91. The van der Waals surface area contributed by atoms with Gasteiger partial charge in [0.25, 0.3) is 0 Å². The Morgan fingerprint density at radius 1 is 1.18 bits per heavy atom. The number of alkyl halides is 3. The fraction of sp³-hybridized carbons (Fsp3) is 0.613. The molecule has 1 saturated heterocycles. The maximum atomic E-state index is 13.7. The molecule has 2 aliphatic rings. The van der Waals surface area contributed by atoms with E-state index in [1.165, 1.54) is 24.8 Å². The van der Waals surface area contributed by atoms with Crippen LogP contribution in [0, 0.1) is 28.5 Å². The zero-order chi connectivity index (χ0) is 29.2. The summed E-state index contributed by atoms with van der Waals surface area (Å²) in [6.07, 6.45) is 10.3. The highest BCUT2D eigenvalue weighted by Crippen LogP contribution is 2.55. The molecule has 1 atom stereocenters. The van der Waals surface area contributed by atoms with Crippen molar-refractivity contribution in [2.24, 2.45) is 11.3 Å². The molecule has 1 aromatic rings. The van der Waals surface area contributed by atoms with Crippen LogP contribution in [0.3, 0.4) is 0 Å². The van der Waals surface area contributed by atoms with E-state index in [1.807, 2.05) is 19.1 Å². The molecule has 1 aliphatic heterocycles. The summed E-state index contributed by atoms with van der Waals surface area (Å²) in [4.78, 5) is 17.3. The van der Waals surface area contributed by atoms with Gasteiger partial charge in [-0.25, -0.2) is 9.18 Å². The summed E-state index contributed by atoms with van der Waals surface area (Å²) < 4.78 is 53.3. The molecule has 1 unspecified atom stereocenters. The molecule has 1 aliphatic carbocycles. The van der Waals surface area contributed by atoms with Crippen LogP contribution in [0.15, 0.2) is 42.0 Å². The summed E-state index contributed by atoms with van der Waals surface area (Å²) in [5.74, 6) is -1.51. The van der Waals surface area contributed by atoms with Gasteiger partial charge in [-0.1, -0.05) is 30.2 Å². The van der Waals surface area contributed by atoms with Gasteiger partial charge in [0, 0.05) is 18.8 Å². The summed E-state index contributed by atoms with van der Waals surface area (Å²) >= 11 is 0. The van der Waals surface area contributed by atoms with Crippen LogP contribution in [-0.4, -0.2) is 48.6 Å². The highest BCUT2D eigenvalue weighted by molar-refractivity contribution is 5.89. The molecule has 0 aromatic heterocycles. The first-order valence-electron chi connectivity index (χ1n) is 14.4. The highest BCUT2D eigenvalue weighted by atomic mass is 19.4. The number of amides is 2. The van der Waals surface area contributed by atoms with E-state index in [1.54, 1.807) is 4.90 Å². The Labute approximate surface area is 235 Å². The molecule has 1 aromatic carbocycles. The van der Waals surface area contributed by atoms with Crippen molar-refractivity contribution in [2.45, 2.75) is 77.8 Å². The molecule has 0 spiro atoms. The molecule has 3 rings (SSSR count). The third-order valence-electron chi connectivity index (χ3n) is 8.13. The standard InChI is InChI=1S/C31H42F4N4O/c1-24(23-36)10-8-11-25(2)30(15-16-30)14-9-21-39(20-7-6-19-38-17-4-3-5-18-38)29(40)37-26-12-13-28(32)27(22-26)31(33,34)35/h8,10-13,22,24H,3-7,9,14-21H2,1-2H3,(H,37,40)/b10-8-,25-11+. The Morgan fingerprint density at radius 3 is 2.52 bits per heavy atom. The number of nitrogens with one attached hydrogen (secondary N) is 1. The lowest BCUT2D eigenvalue weighted by Gasteiger charge is -2.28. The summed E-state index contributed by atoms with van der Waals surface area (Å²) in [6, 6.07) is 4.26. The van der Waals surface area contributed by atoms with Crippen molar-refractivity contribution in [1.82, 2.24) is 9.80 Å². The SMILES string of the molecule is C/C(=C\C=C/C(C)C#N)C1(CCCN(CCCCN2CCCCC2)C(=O)Nc2ccc(F)c(C(F)(F)F)c2)CC1. The fourth-order valence-electron chi connectivity index (χ4n) is 5.35. The summed E-state index contributed by atoms with van der Waals surface area (Å²) in [6.45, 7) is 8.13. The number of nitriles is 1. The minimum Gasteiger partial charge on any atom is -0.325 e. The van der Waals surface area contributed by atoms with E-state index in [0.717, 1.165) is 70.3 Å². The van der Waals surface area contributed by atoms with Crippen LogP contribution in [0.2, 0.25) is 0 Å². The molecule has 1 N–H and O–H groups in total. The normalized spacial score (nSPS) is 18.4. The number of allylic oxidation sites excluding steroid dienone is 4. The van der Waals surface area contributed by atoms with Gasteiger partial charge in [0.2, 0.25) is 0 Å². The van der Waals surface area contributed by atoms with Crippen molar-refractivity contribution in [2.75, 3.05) is 38.0 Å². The number of halogens is 4. The number of nitrogens with zero attached hydrogens (tertiary/aromatic N) is 3. The number of rotatable bonds is 13. The summed E-state index contributed by atoms with van der Waals surface area (Å²) in [5.41, 5.74) is -0.102. The van der Waals surface area contributed by atoms with Crippen molar-refractivity contribution in [3.8, 4) is 6.07 Å². The number of hydrogen-bond acceptors (Lipinski definition) is 3. The third kappa shape index (κ3) is 9.65. The molecule has 0 radical (unpaired) electrons. The minimum atomic E-state index is -4.84. The Balaban J connectivity index is 1.60. The lowest BCUT2D eigenvalue weighted by Crippen LogP contribution is -2.37. The van der Waals surface area contributed by atoms with Crippen LogP contribution >= 0.6 is 0 Å². The zero-order valence-electron chi connectivity index (χ0n) is 23.7. The van der Waals surface area contributed by atoms with Crippen molar-refractivity contribution in [3.63, 3.8) is 0 Å². The third-order valence-corrected chi connectivity index (χ3v) is 8.13. The minimum absolute atomic E-state index is 0.0760. The van der Waals surface area contributed by atoms with Crippen LogP contribution in [-0.2, 0) is 6.18 Å². The molecule has 5 nitrogen and oxygen atoms in total. The van der Waals surface area contributed by atoms with Crippen LogP contribution in [0.1, 0.15) is 77.2 Å². The van der Waals surface area contributed by atoms with E-state index in [9.17, 15) is 22.4 Å². The first kappa shape index (κ1) is 31.7. The first-order chi connectivity index (χ1) is 19.0. The number of anilines is 1. The average Bonchev–Trinajstić information content (AvgIpc) is 3.72. The number of benzene rings is 1. The molecule has 220 valence electrons. The van der Waals surface area contributed by atoms with Gasteiger partial charge < -0.3 is 15.1 Å². The van der Waals surface area contributed by atoms with Gasteiger partial charge in [-0.2, -0.15) is 18.4 Å². The van der Waals surface area contributed by atoms with Gasteiger partial charge in [-0.3, -0.25) is 0 Å². The maximum Gasteiger partial charge on any atom is 0.419 e. The quantitative estimate of drug-likeness (QED) is 0.150. The van der Waals surface area contributed by atoms with Crippen LogP contribution in [0.5, 0.6) is 0 Å². The lowest BCUT2D eigenvalue weighted by molar-refractivity contribution is -0.139.